The molecular weight excluding hydrogens is 214 g/mol. The normalized spacial score (nSPS) is 11.7. The molecule has 0 fully saturated rings. The molecule has 2 aromatic heterocycles. The number of aromatic nitrogens is 3. The molecule has 0 radical (unpaired) electrons. The lowest BCUT2D eigenvalue weighted by molar-refractivity contribution is 0.559. The molecule has 0 aliphatic heterocycles. The highest BCUT2D eigenvalue weighted by atomic mass is 15.3. The van der Waals surface area contributed by atoms with Crippen LogP contribution >= 0.6 is 0 Å². The zero-order chi connectivity index (χ0) is 12.6. The second-order valence-electron chi connectivity index (χ2n) is 5.06. The van der Waals surface area contributed by atoms with E-state index < -0.39 is 0 Å². The van der Waals surface area contributed by atoms with E-state index in [1.165, 1.54) is 0 Å². The molecule has 0 bridgehead atoms. The first-order chi connectivity index (χ1) is 7.88. The van der Waals surface area contributed by atoms with Crippen molar-refractivity contribution in [3.05, 3.63) is 30.1 Å². The van der Waals surface area contributed by atoms with Crippen LogP contribution in [-0.2, 0) is 5.41 Å². The van der Waals surface area contributed by atoms with Gasteiger partial charge in [0.2, 0.25) is 0 Å². The van der Waals surface area contributed by atoms with Crippen LogP contribution in [0.1, 0.15) is 26.5 Å². The molecule has 0 saturated carbocycles. The Labute approximate surface area is 100 Å². The molecule has 0 unspecified atom stereocenters. The van der Waals surface area contributed by atoms with Gasteiger partial charge in [0.15, 0.2) is 5.82 Å². The number of rotatable bonds is 1. The smallest absolute Gasteiger partial charge is 0.157 e. The molecule has 17 heavy (non-hydrogen) atoms. The Morgan fingerprint density at radius 3 is 2.41 bits per heavy atom. The molecule has 5 nitrogen and oxygen atoms in total. The minimum Gasteiger partial charge on any atom is -0.399 e. The Bertz CT molecular complexity index is 536. The van der Waals surface area contributed by atoms with Crippen molar-refractivity contribution < 1.29 is 0 Å². The van der Waals surface area contributed by atoms with Crippen LogP contribution in [0.15, 0.2) is 24.4 Å². The summed E-state index contributed by atoms with van der Waals surface area (Å²) < 4.78 is 1.61. The van der Waals surface area contributed by atoms with Gasteiger partial charge in [-0.25, -0.2) is 4.98 Å². The van der Waals surface area contributed by atoms with Gasteiger partial charge in [-0.2, -0.15) is 9.78 Å². The van der Waals surface area contributed by atoms with Crippen molar-refractivity contribution in [1.29, 1.82) is 0 Å². The molecule has 5 heteroatoms. The van der Waals surface area contributed by atoms with Crippen molar-refractivity contribution in [3.8, 4) is 5.82 Å². The highest BCUT2D eigenvalue weighted by molar-refractivity contribution is 5.47. The van der Waals surface area contributed by atoms with E-state index in [1.807, 2.05) is 6.07 Å². The number of anilines is 2. The fourth-order valence-electron chi connectivity index (χ4n) is 1.50. The van der Waals surface area contributed by atoms with Crippen molar-refractivity contribution in [2.75, 3.05) is 11.5 Å². The lowest BCUT2D eigenvalue weighted by Crippen LogP contribution is -2.13. The van der Waals surface area contributed by atoms with Gasteiger partial charge in [-0.1, -0.05) is 20.8 Å². The molecule has 0 atom stereocenters. The van der Waals surface area contributed by atoms with Crippen LogP contribution in [-0.4, -0.2) is 14.8 Å². The standard InChI is InChI=1S/C12H17N5/c1-12(2,3)9-7-10(14)17(16-9)11-6-8(13)4-5-15-11/h4-7H,14H2,1-3H3,(H2,13,15). The minimum atomic E-state index is -0.0420. The number of pyridine rings is 1. The second-order valence-corrected chi connectivity index (χ2v) is 5.06. The van der Waals surface area contributed by atoms with Gasteiger partial charge in [0.05, 0.1) is 5.69 Å². The van der Waals surface area contributed by atoms with Crippen LogP contribution in [0.2, 0.25) is 0 Å². The summed E-state index contributed by atoms with van der Waals surface area (Å²) >= 11 is 0. The third-order valence-corrected chi connectivity index (χ3v) is 2.49. The third kappa shape index (κ3) is 2.22. The quantitative estimate of drug-likeness (QED) is 0.783. The first-order valence-electron chi connectivity index (χ1n) is 5.46. The third-order valence-electron chi connectivity index (χ3n) is 2.49. The van der Waals surface area contributed by atoms with Crippen molar-refractivity contribution >= 4 is 11.5 Å². The second kappa shape index (κ2) is 3.76. The van der Waals surface area contributed by atoms with E-state index in [2.05, 4.69) is 30.9 Å². The largest absolute Gasteiger partial charge is 0.399 e. The van der Waals surface area contributed by atoms with E-state index in [0.717, 1.165) is 5.69 Å². The zero-order valence-electron chi connectivity index (χ0n) is 10.3. The molecule has 2 rings (SSSR count). The SMILES string of the molecule is CC(C)(C)c1cc(N)n(-c2cc(N)ccn2)n1. The zero-order valence-corrected chi connectivity index (χ0v) is 10.3. The lowest BCUT2D eigenvalue weighted by atomic mass is 9.92. The molecule has 2 heterocycles. The highest BCUT2D eigenvalue weighted by Gasteiger charge is 2.19. The molecule has 0 saturated heterocycles. The van der Waals surface area contributed by atoms with E-state index in [4.69, 9.17) is 11.5 Å². The van der Waals surface area contributed by atoms with Gasteiger partial charge in [-0.3, -0.25) is 0 Å². The molecule has 0 amide bonds. The average Bonchev–Trinajstić information content (AvgIpc) is 2.60. The van der Waals surface area contributed by atoms with E-state index in [-0.39, 0.29) is 5.41 Å². The number of nitrogens with zero attached hydrogens (tertiary/aromatic N) is 3. The summed E-state index contributed by atoms with van der Waals surface area (Å²) in [7, 11) is 0. The molecule has 0 spiro atoms. The van der Waals surface area contributed by atoms with Crippen LogP contribution < -0.4 is 11.5 Å². The van der Waals surface area contributed by atoms with Crippen LogP contribution in [0.25, 0.3) is 5.82 Å². The number of hydrogen-bond donors (Lipinski definition) is 2. The monoisotopic (exact) mass is 231 g/mol. The molecule has 0 aromatic carbocycles. The molecule has 4 N–H and O–H groups in total. The van der Waals surface area contributed by atoms with E-state index in [9.17, 15) is 0 Å². The van der Waals surface area contributed by atoms with E-state index >= 15 is 0 Å². The summed E-state index contributed by atoms with van der Waals surface area (Å²) in [6.45, 7) is 6.27. The van der Waals surface area contributed by atoms with E-state index in [0.29, 0.717) is 17.3 Å². The Hall–Kier alpha value is -2.04. The summed E-state index contributed by atoms with van der Waals surface area (Å²) in [5.74, 6) is 1.20. The Kier molecular flexibility index (Phi) is 2.53. The number of hydrogen-bond acceptors (Lipinski definition) is 4. The number of nitrogen functional groups attached to an aromatic ring is 2. The predicted octanol–water partition coefficient (Wildman–Crippen LogP) is 1.73. The van der Waals surface area contributed by atoms with Gasteiger partial charge in [0, 0.05) is 29.4 Å². The number of nitrogens with two attached hydrogens (primary N) is 2. The summed E-state index contributed by atoms with van der Waals surface area (Å²) in [5.41, 5.74) is 13.2. The first kappa shape index (κ1) is 11.4. The summed E-state index contributed by atoms with van der Waals surface area (Å²) in [4.78, 5) is 4.21. The van der Waals surface area contributed by atoms with Gasteiger partial charge >= 0.3 is 0 Å². The molecule has 0 aliphatic rings. The predicted molar refractivity (Wildman–Crippen MR) is 68.9 cm³/mol. The fraction of sp³-hybridized carbons (Fsp3) is 0.333. The van der Waals surface area contributed by atoms with Crippen molar-refractivity contribution in [1.82, 2.24) is 14.8 Å². The minimum absolute atomic E-state index is 0.0420. The van der Waals surface area contributed by atoms with Gasteiger partial charge in [-0.05, 0) is 6.07 Å². The van der Waals surface area contributed by atoms with E-state index in [1.54, 1.807) is 23.0 Å². The average molecular weight is 231 g/mol. The summed E-state index contributed by atoms with van der Waals surface area (Å²) in [5, 5.41) is 4.47. The molecule has 90 valence electrons. The van der Waals surface area contributed by atoms with Gasteiger partial charge < -0.3 is 11.5 Å². The maximum atomic E-state index is 5.94. The Morgan fingerprint density at radius 1 is 1.18 bits per heavy atom. The van der Waals surface area contributed by atoms with Crippen molar-refractivity contribution in [2.24, 2.45) is 0 Å². The van der Waals surface area contributed by atoms with Crippen LogP contribution in [0.5, 0.6) is 0 Å². The summed E-state index contributed by atoms with van der Waals surface area (Å²) in [6, 6.07) is 5.34. The fourth-order valence-corrected chi connectivity index (χ4v) is 1.50. The van der Waals surface area contributed by atoms with Crippen molar-refractivity contribution in [3.63, 3.8) is 0 Å². The maximum absolute atomic E-state index is 5.94. The van der Waals surface area contributed by atoms with Gasteiger partial charge in [0.25, 0.3) is 0 Å². The van der Waals surface area contributed by atoms with Crippen LogP contribution in [0.4, 0.5) is 11.5 Å². The summed E-state index contributed by atoms with van der Waals surface area (Å²) in [6.07, 6.45) is 1.64. The Balaban J connectivity index is 2.50. The molecular formula is C12H17N5. The highest BCUT2D eigenvalue weighted by Crippen LogP contribution is 2.24. The van der Waals surface area contributed by atoms with Gasteiger partial charge in [-0.15, -0.1) is 0 Å². The molecule has 2 aromatic rings. The van der Waals surface area contributed by atoms with Gasteiger partial charge in [0.1, 0.15) is 5.82 Å². The topological polar surface area (TPSA) is 82.8 Å². The first-order valence-corrected chi connectivity index (χ1v) is 5.46. The lowest BCUT2D eigenvalue weighted by Gasteiger charge is -2.13. The van der Waals surface area contributed by atoms with Crippen molar-refractivity contribution in [2.45, 2.75) is 26.2 Å². The van der Waals surface area contributed by atoms with Crippen LogP contribution in [0, 0.1) is 0 Å². The van der Waals surface area contributed by atoms with Crippen LogP contribution in [0.3, 0.4) is 0 Å². The molecule has 0 aliphatic carbocycles. The maximum Gasteiger partial charge on any atom is 0.157 e. The Morgan fingerprint density at radius 2 is 1.88 bits per heavy atom.